The van der Waals surface area contributed by atoms with Crippen LogP contribution in [0.5, 0.6) is 0 Å². The van der Waals surface area contributed by atoms with Crippen molar-refractivity contribution in [1.82, 2.24) is 4.90 Å². The number of rotatable bonds is 7. The Morgan fingerprint density at radius 3 is 2.47 bits per heavy atom. The lowest BCUT2D eigenvalue weighted by Gasteiger charge is -2.24. The number of nitrogens with zero attached hydrogens (tertiary/aromatic N) is 1. The molecule has 0 radical (unpaired) electrons. The molecule has 30 heavy (non-hydrogen) atoms. The SMILES string of the molecule is O=C1OCC(Cc2ccccc2)N1C(=O)C(Cc1ccc(F)c(F)c1)CS(=O)(=O)Cl. The maximum atomic E-state index is 13.5. The monoisotopic (exact) mass is 457 g/mol. The van der Waals surface area contributed by atoms with E-state index in [-0.39, 0.29) is 18.6 Å². The summed E-state index contributed by atoms with van der Waals surface area (Å²) in [7, 11) is 1.23. The van der Waals surface area contributed by atoms with Gasteiger partial charge in [0.05, 0.1) is 17.7 Å². The minimum absolute atomic E-state index is 0.0367. The molecule has 2 amide bonds. The number of amides is 2. The van der Waals surface area contributed by atoms with Crippen LogP contribution >= 0.6 is 10.7 Å². The molecule has 1 aliphatic rings. The molecule has 2 aromatic rings. The molecule has 1 aliphatic heterocycles. The largest absolute Gasteiger partial charge is 0.447 e. The highest BCUT2D eigenvalue weighted by molar-refractivity contribution is 8.13. The second-order valence-corrected chi connectivity index (χ2v) is 9.81. The Labute approximate surface area is 176 Å². The lowest BCUT2D eigenvalue weighted by molar-refractivity contribution is -0.132. The Bertz CT molecular complexity index is 1050. The number of ether oxygens (including phenoxy) is 1. The van der Waals surface area contributed by atoms with Gasteiger partial charge >= 0.3 is 6.09 Å². The highest BCUT2D eigenvalue weighted by atomic mass is 35.7. The van der Waals surface area contributed by atoms with Crippen LogP contribution in [0, 0.1) is 17.6 Å². The van der Waals surface area contributed by atoms with Gasteiger partial charge < -0.3 is 4.74 Å². The van der Waals surface area contributed by atoms with Gasteiger partial charge in [-0.15, -0.1) is 0 Å². The van der Waals surface area contributed by atoms with Crippen LogP contribution < -0.4 is 0 Å². The van der Waals surface area contributed by atoms with Crippen LogP contribution in [0.1, 0.15) is 11.1 Å². The van der Waals surface area contributed by atoms with Gasteiger partial charge in [0.15, 0.2) is 11.6 Å². The highest BCUT2D eigenvalue weighted by Crippen LogP contribution is 2.24. The Balaban J connectivity index is 1.86. The first-order chi connectivity index (χ1) is 14.1. The van der Waals surface area contributed by atoms with Crippen molar-refractivity contribution in [3.63, 3.8) is 0 Å². The van der Waals surface area contributed by atoms with E-state index in [0.717, 1.165) is 22.6 Å². The second kappa shape index (κ2) is 9.09. The summed E-state index contributed by atoms with van der Waals surface area (Å²) in [6.07, 6.45) is -0.809. The van der Waals surface area contributed by atoms with E-state index in [9.17, 15) is 26.8 Å². The molecule has 0 spiro atoms. The maximum Gasteiger partial charge on any atom is 0.416 e. The van der Waals surface area contributed by atoms with Crippen molar-refractivity contribution in [2.45, 2.75) is 18.9 Å². The summed E-state index contributed by atoms with van der Waals surface area (Å²) in [5.74, 6) is -5.05. The number of imide groups is 1. The topological polar surface area (TPSA) is 80.8 Å². The lowest BCUT2D eigenvalue weighted by Crippen LogP contribution is -2.45. The average molecular weight is 458 g/mol. The fraction of sp³-hybridized carbons (Fsp3) is 0.300. The summed E-state index contributed by atoms with van der Waals surface area (Å²) in [5.41, 5.74) is 1.06. The standard InChI is InChI=1S/C20H18ClF2NO5S/c21-30(27,28)12-15(8-14-6-7-17(22)18(23)10-14)19(25)24-16(11-29-20(24)26)9-13-4-2-1-3-5-13/h1-7,10,15-16H,8-9,11-12H2. The summed E-state index contributed by atoms with van der Waals surface area (Å²) in [4.78, 5) is 26.2. The van der Waals surface area contributed by atoms with Crippen molar-refractivity contribution in [2.24, 2.45) is 5.92 Å². The lowest BCUT2D eigenvalue weighted by atomic mass is 9.98. The molecule has 0 saturated carbocycles. The Hall–Kier alpha value is -2.52. The van der Waals surface area contributed by atoms with Gasteiger partial charge in [-0.25, -0.2) is 26.9 Å². The number of halogens is 3. The molecule has 10 heteroatoms. The van der Waals surface area contributed by atoms with Crippen LogP contribution in [0.25, 0.3) is 0 Å². The molecule has 1 saturated heterocycles. The molecule has 2 atom stereocenters. The Morgan fingerprint density at radius 2 is 1.83 bits per heavy atom. The van der Waals surface area contributed by atoms with Crippen molar-refractivity contribution in [3.05, 3.63) is 71.3 Å². The summed E-state index contributed by atoms with van der Waals surface area (Å²) in [6, 6.07) is 11.5. The third-order valence-electron chi connectivity index (χ3n) is 4.73. The van der Waals surface area contributed by atoms with Gasteiger partial charge in [-0.1, -0.05) is 36.4 Å². The summed E-state index contributed by atoms with van der Waals surface area (Å²) in [5, 5.41) is 0. The van der Waals surface area contributed by atoms with Gasteiger partial charge in [0.2, 0.25) is 15.0 Å². The highest BCUT2D eigenvalue weighted by Gasteiger charge is 2.41. The Morgan fingerprint density at radius 1 is 1.13 bits per heavy atom. The predicted molar refractivity (Wildman–Crippen MR) is 105 cm³/mol. The Kier molecular flexibility index (Phi) is 6.72. The molecule has 0 aromatic heterocycles. The fourth-order valence-electron chi connectivity index (χ4n) is 3.37. The van der Waals surface area contributed by atoms with E-state index >= 15 is 0 Å². The van der Waals surface area contributed by atoms with Crippen LogP contribution in [0.3, 0.4) is 0 Å². The van der Waals surface area contributed by atoms with Crippen LogP contribution in [0.15, 0.2) is 48.5 Å². The molecule has 2 aromatic carbocycles. The van der Waals surface area contributed by atoms with Gasteiger partial charge in [0.1, 0.15) is 6.61 Å². The first-order valence-electron chi connectivity index (χ1n) is 9.04. The van der Waals surface area contributed by atoms with E-state index in [1.54, 1.807) is 0 Å². The average Bonchev–Trinajstić information content (AvgIpc) is 3.03. The number of hydrogen-bond acceptors (Lipinski definition) is 5. The number of cyclic esters (lactones) is 1. The molecule has 1 fully saturated rings. The number of benzene rings is 2. The molecule has 160 valence electrons. The van der Waals surface area contributed by atoms with Gasteiger partial charge in [-0.05, 0) is 36.1 Å². The third-order valence-corrected chi connectivity index (χ3v) is 5.91. The van der Waals surface area contributed by atoms with Gasteiger partial charge in [0, 0.05) is 10.7 Å². The zero-order valence-corrected chi connectivity index (χ0v) is 17.2. The van der Waals surface area contributed by atoms with E-state index in [1.807, 2.05) is 30.3 Å². The summed E-state index contributed by atoms with van der Waals surface area (Å²) in [6.45, 7) is -0.0367. The first kappa shape index (κ1) is 22.2. The predicted octanol–water partition coefficient (Wildman–Crippen LogP) is 3.28. The molecule has 1 heterocycles. The second-order valence-electron chi connectivity index (χ2n) is 6.98. The molecule has 2 unspecified atom stereocenters. The van der Waals surface area contributed by atoms with Crippen LogP contribution in [0.4, 0.5) is 13.6 Å². The minimum atomic E-state index is -4.13. The smallest absolute Gasteiger partial charge is 0.416 e. The molecule has 0 N–H and O–H groups in total. The quantitative estimate of drug-likeness (QED) is 0.596. The summed E-state index contributed by atoms with van der Waals surface area (Å²) < 4.78 is 55.1. The minimum Gasteiger partial charge on any atom is -0.447 e. The number of hydrogen-bond donors (Lipinski definition) is 0. The zero-order valence-electron chi connectivity index (χ0n) is 15.6. The molecule has 0 bridgehead atoms. The van der Waals surface area contributed by atoms with Gasteiger partial charge in [-0.3, -0.25) is 4.79 Å². The normalized spacial score (nSPS) is 17.6. The van der Waals surface area contributed by atoms with E-state index in [4.69, 9.17) is 15.4 Å². The molecular formula is C20H18ClF2NO5S. The van der Waals surface area contributed by atoms with Crippen molar-refractivity contribution in [2.75, 3.05) is 12.4 Å². The first-order valence-corrected chi connectivity index (χ1v) is 11.5. The van der Waals surface area contributed by atoms with Crippen molar-refractivity contribution in [3.8, 4) is 0 Å². The molecule has 6 nitrogen and oxygen atoms in total. The maximum absolute atomic E-state index is 13.5. The number of carbonyl (C=O) groups excluding carboxylic acids is 2. The van der Waals surface area contributed by atoms with Crippen molar-refractivity contribution in [1.29, 1.82) is 0 Å². The molecular weight excluding hydrogens is 440 g/mol. The van der Waals surface area contributed by atoms with E-state index in [2.05, 4.69) is 0 Å². The third kappa shape index (κ3) is 5.54. The van der Waals surface area contributed by atoms with Crippen LogP contribution in [-0.4, -0.2) is 43.7 Å². The van der Waals surface area contributed by atoms with E-state index in [1.165, 1.54) is 6.07 Å². The molecule has 3 rings (SSSR count). The van der Waals surface area contributed by atoms with Crippen LogP contribution in [-0.2, 0) is 31.4 Å². The zero-order chi connectivity index (χ0) is 21.9. The summed E-state index contributed by atoms with van der Waals surface area (Å²) >= 11 is 0. The van der Waals surface area contributed by atoms with E-state index in [0.29, 0.717) is 6.42 Å². The van der Waals surface area contributed by atoms with Crippen molar-refractivity contribution >= 4 is 31.7 Å². The van der Waals surface area contributed by atoms with Crippen LogP contribution in [0.2, 0.25) is 0 Å². The van der Waals surface area contributed by atoms with Gasteiger partial charge in [-0.2, -0.15) is 0 Å². The van der Waals surface area contributed by atoms with Crippen molar-refractivity contribution < 1.29 is 31.5 Å². The number of carbonyl (C=O) groups is 2. The van der Waals surface area contributed by atoms with E-state index < -0.39 is 50.4 Å². The van der Waals surface area contributed by atoms with Gasteiger partial charge in [0.25, 0.3) is 0 Å². The fourth-order valence-corrected chi connectivity index (χ4v) is 4.57. The molecule has 0 aliphatic carbocycles.